The number of nitrogens with zero attached hydrogens (tertiary/aromatic N) is 3. The summed E-state index contributed by atoms with van der Waals surface area (Å²) in [5.74, 6) is -0.675. The number of para-hydroxylation sites is 1. The lowest BCUT2D eigenvalue weighted by Gasteiger charge is -2.28. The number of halogens is 1. The number of hydrogen-bond donors (Lipinski definition) is 0. The summed E-state index contributed by atoms with van der Waals surface area (Å²) in [6, 6.07) is 53.2. The Hall–Kier alpha value is -7.50. The molecule has 4 aromatic heterocycles. The van der Waals surface area contributed by atoms with Crippen molar-refractivity contribution in [1.29, 1.82) is 0 Å². The van der Waals surface area contributed by atoms with Crippen molar-refractivity contribution >= 4 is 21.9 Å². The maximum absolute atomic E-state index is 15.7. The fraction of sp³-hybridized carbons (Fsp3) is 0.164. The van der Waals surface area contributed by atoms with E-state index in [9.17, 15) is 5.48 Å². The molecule has 0 amide bonds. The van der Waals surface area contributed by atoms with Crippen molar-refractivity contribution in [2.45, 2.75) is 64.1 Å². The minimum atomic E-state index is -2.54. The van der Waals surface area contributed by atoms with Crippen LogP contribution in [0.1, 0.15) is 67.9 Å². The molecular formula is C61H52FN3O. The molecule has 4 nitrogen and oxygen atoms in total. The van der Waals surface area contributed by atoms with E-state index in [0.717, 1.165) is 44.8 Å². The number of furan rings is 1. The molecule has 0 saturated carbocycles. The van der Waals surface area contributed by atoms with Crippen molar-refractivity contribution in [1.82, 2.24) is 15.0 Å². The average Bonchev–Trinajstić information content (AvgIpc) is 3.75. The molecule has 10 aromatic rings. The number of hydrogen-bond acceptors (Lipinski definition) is 4. The first kappa shape index (κ1) is 36.8. The molecule has 0 atom stereocenters. The van der Waals surface area contributed by atoms with Crippen LogP contribution >= 0.6 is 0 Å². The second-order valence-electron chi connectivity index (χ2n) is 18.3. The zero-order valence-electron chi connectivity index (χ0n) is 42.4. The van der Waals surface area contributed by atoms with Crippen LogP contribution in [0.25, 0.3) is 66.8 Å². The first-order valence-electron chi connectivity index (χ1n) is 24.8. The van der Waals surface area contributed by atoms with Crippen molar-refractivity contribution < 1.29 is 15.7 Å². The summed E-state index contributed by atoms with van der Waals surface area (Å²) in [5, 5.41) is 1.28. The lowest BCUT2D eigenvalue weighted by molar-refractivity contribution is 0.512. The number of fused-ring (bicyclic) bond motifs is 3. The van der Waals surface area contributed by atoms with Crippen LogP contribution < -0.4 is 0 Å². The maximum atomic E-state index is 15.7. The summed E-state index contributed by atoms with van der Waals surface area (Å²) in [7, 11) is 0. The predicted molar refractivity (Wildman–Crippen MR) is 269 cm³/mol. The summed E-state index contributed by atoms with van der Waals surface area (Å²) < 4.78 is 69.1. The lowest BCUT2D eigenvalue weighted by Crippen LogP contribution is -2.23. The van der Waals surface area contributed by atoms with Crippen LogP contribution in [0.4, 0.5) is 4.39 Å². The highest BCUT2D eigenvalue weighted by molar-refractivity contribution is 6.12. The van der Waals surface area contributed by atoms with Crippen LogP contribution in [0, 0.1) is 5.82 Å². The van der Waals surface area contributed by atoms with Crippen LogP contribution in [0.15, 0.2) is 199 Å². The molecule has 0 radical (unpaired) electrons. The number of pyridine rings is 3. The maximum Gasteiger partial charge on any atom is 0.146 e. The Bertz CT molecular complexity index is 3410. The third kappa shape index (κ3) is 8.82. The van der Waals surface area contributed by atoms with Gasteiger partial charge in [0.25, 0.3) is 0 Å². The Morgan fingerprint density at radius 2 is 0.985 bits per heavy atom. The van der Waals surface area contributed by atoms with Gasteiger partial charge in [0.2, 0.25) is 0 Å². The molecule has 10 rings (SSSR count). The standard InChI is InChI=1S/C61H52FN3O/c1-60(2,48-26-31-54(64-39-48)45-15-8-5-9-16-45)36-43-33-42(34-44(35-43)37-61(3,4)49-27-32-55(65-40-49)46-17-10-6-11-18-46)24-23-41-25-30-56(63-38-41)52-22-14-21-50-51-28-29-53(62)57(59(51)66-58(50)52)47-19-12-7-13-20-47/h5-22,25-35,38-40H,23-24,36-37H2,1-4H3/i23D2,24D2,29D. The van der Waals surface area contributed by atoms with E-state index in [-0.39, 0.29) is 22.7 Å². The van der Waals surface area contributed by atoms with E-state index in [1.54, 1.807) is 24.3 Å². The molecule has 0 aliphatic carbocycles. The van der Waals surface area contributed by atoms with Gasteiger partial charge in [-0.3, -0.25) is 15.0 Å². The minimum absolute atomic E-state index is 0.0667. The minimum Gasteiger partial charge on any atom is -0.455 e. The molecule has 6 aromatic carbocycles. The summed E-state index contributed by atoms with van der Waals surface area (Å²) in [4.78, 5) is 14.4. The molecular weight excluding hydrogens is 810 g/mol. The van der Waals surface area contributed by atoms with Gasteiger partial charge in [-0.1, -0.05) is 167 Å². The van der Waals surface area contributed by atoms with Gasteiger partial charge in [-0.25, -0.2) is 4.39 Å². The van der Waals surface area contributed by atoms with Gasteiger partial charge in [-0.2, -0.15) is 0 Å². The van der Waals surface area contributed by atoms with E-state index in [1.807, 2.05) is 134 Å². The fourth-order valence-electron chi connectivity index (χ4n) is 9.02. The third-order valence-corrected chi connectivity index (χ3v) is 12.6. The predicted octanol–water partition coefficient (Wildman–Crippen LogP) is 15.4. The summed E-state index contributed by atoms with van der Waals surface area (Å²) in [5.41, 5.74) is 9.72. The van der Waals surface area contributed by atoms with Crippen LogP contribution in [0.2, 0.25) is 0 Å². The Kier molecular flexibility index (Phi) is 9.93. The molecule has 324 valence electrons. The van der Waals surface area contributed by atoms with Crippen LogP contribution in [-0.4, -0.2) is 15.0 Å². The van der Waals surface area contributed by atoms with Gasteiger partial charge in [0, 0.05) is 51.5 Å². The second-order valence-corrected chi connectivity index (χ2v) is 18.3. The largest absolute Gasteiger partial charge is 0.455 e. The van der Waals surface area contributed by atoms with Crippen LogP contribution in [0.3, 0.4) is 0 Å². The topological polar surface area (TPSA) is 51.8 Å². The van der Waals surface area contributed by atoms with Gasteiger partial charge in [0.15, 0.2) is 0 Å². The Morgan fingerprint density at radius 3 is 1.52 bits per heavy atom. The second kappa shape index (κ2) is 17.8. The van der Waals surface area contributed by atoms with Gasteiger partial charge < -0.3 is 4.42 Å². The van der Waals surface area contributed by atoms with Crippen molar-refractivity contribution in [2.75, 3.05) is 0 Å². The zero-order valence-corrected chi connectivity index (χ0v) is 37.4. The van der Waals surface area contributed by atoms with E-state index in [4.69, 9.17) is 20.7 Å². The van der Waals surface area contributed by atoms with Crippen molar-refractivity contribution in [3.05, 3.63) is 234 Å². The summed E-state index contributed by atoms with van der Waals surface area (Å²) >= 11 is 0. The van der Waals surface area contributed by atoms with Gasteiger partial charge in [-0.05, 0) is 112 Å². The highest BCUT2D eigenvalue weighted by atomic mass is 19.1. The molecule has 0 N–H and O–H groups in total. The van der Waals surface area contributed by atoms with E-state index in [2.05, 4.69) is 45.9 Å². The van der Waals surface area contributed by atoms with E-state index in [0.29, 0.717) is 51.6 Å². The summed E-state index contributed by atoms with van der Waals surface area (Å²) in [6.07, 6.45) is 1.25. The molecule has 0 aliphatic heterocycles. The number of rotatable bonds is 13. The van der Waals surface area contributed by atoms with Crippen molar-refractivity contribution in [3.63, 3.8) is 0 Å². The quantitative estimate of drug-likeness (QED) is 0.116. The smallest absolute Gasteiger partial charge is 0.146 e. The van der Waals surface area contributed by atoms with Gasteiger partial charge in [0.05, 0.1) is 24.0 Å². The molecule has 0 fully saturated rings. The highest BCUT2D eigenvalue weighted by Crippen LogP contribution is 2.41. The number of aryl methyl sites for hydroxylation is 2. The third-order valence-electron chi connectivity index (χ3n) is 12.6. The van der Waals surface area contributed by atoms with Crippen molar-refractivity contribution in [2.24, 2.45) is 0 Å². The molecule has 0 spiro atoms. The van der Waals surface area contributed by atoms with Gasteiger partial charge in [-0.15, -0.1) is 0 Å². The normalized spacial score (nSPS) is 13.5. The lowest BCUT2D eigenvalue weighted by atomic mass is 9.77. The molecule has 66 heavy (non-hydrogen) atoms. The summed E-state index contributed by atoms with van der Waals surface area (Å²) in [6.45, 7) is 8.62. The Morgan fingerprint density at radius 1 is 0.485 bits per heavy atom. The first-order chi connectivity index (χ1) is 34.0. The molecule has 0 unspecified atom stereocenters. The van der Waals surface area contributed by atoms with Crippen LogP contribution in [-0.2, 0) is 36.4 Å². The Balaban J connectivity index is 0.994. The number of aromatic nitrogens is 3. The van der Waals surface area contributed by atoms with Crippen LogP contribution in [0.5, 0.6) is 0 Å². The fourth-order valence-corrected chi connectivity index (χ4v) is 9.02. The monoisotopic (exact) mass is 866 g/mol. The zero-order chi connectivity index (χ0) is 49.7. The molecule has 5 heteroatoms. The van der Waals surface area contributed by atoms with E-state index >= 15 is 4.39 Å². The Labute approximate surface area is 393 Å². The number of benzene rings is 6. The SMILES string of the molecule is [2H]c1cc2c(oc3c(-c4ccc(C([2H])([2H])C([2H])([2H])c5cc(CC(C)(C)c6ccc(-c7ccccc7)nc6)cc(CC(C)(C)c6ccc(-c7ccccc7)nc6)c5)cn4)cccc32)c(-c2ccccc2)c1F. The average molecular weight is 867 g/mol. The van der Waals surface area contributed by atoms with E-state index < -0.39 is 29.4 Å². The molecule has 0 aliphatic rings. The highest BCUT2D eigenvalue weighted by Gasteiger charge is 2.26. The van der Waals surface area contributed by atoms with Gasteiger partial charge >= 0.3 is 0 Å². The van der Waals surface area contributed by atoms with Gasteiger partial charge in [0.1, 0.15) is 17.0 Å². The van der Waals surface area contributed by atoms with Crippen molar-refractivity contribution in [3.8, 4) is 44.9 Å². The van der Waals surface area contributed by atoms with E-state index in [1.165, 1.54) is 12.3 Å². The first-order valence-corrected chi connectivity index (χ1v) is 22.3. The molecule has 0 saturated heterocycles. The molecule has 4 heterocycles. The molecule has 0 bridgehead atoms.